The van der Waals surface area contributed by atoms with Crippen molar-refractivity contribution in [2.45, 2.75) is 18.4 Å². The number of nitrogens with two attached hydrogens (primary N) is 1. The predicted octanol–water partition coefficient (Wildman–Crippen LogP) is 1.75. The molecule has 0 radical (unpaired) electrons. The molecule has 21 heavy (non-hydrogen) atoms. The summed E-state index contributed by atoms with van der Waals surface area (Å²) in [6.07, 6.45) is 1.50. The number of halogens is 1. The van der Waals surface area contributed by atoms with E-state index in [1.807, 2.05) is 0 Å². The van der Waals surface area contributed by atoms with Crippen molar-refractivity contribution in [1.82, 2.24) is 9.71 Å². The van der Waals surface area contributed by atoms with Crippen molar-refractivity contribution in [2.24, 2.45) is 5.73 Å². The van der Waals surface area contributed by atoms with Crippen LogP contribution in [0.5, 0.6) is 0 Å². The zero-order valence-electron chi connectivity index (χ0n) is 11.0. The summed E-state index contributed by atoms with van der Waals surface area (Å²) in [5, 5.41) is 0.0751. The van der Waals surface area contributed by atoms with Crippen molar-refractivity contribution in [3.8, 4) is 0 Å². The van der Waals surface area contributed by atoms with Crippen LogP contribution in [0.4, 0.5) is 0 Å². The van der Waals surface area contributed by atoms with Crippen molar-refractivity contribution < 1.29 is 12.8 Å². The maximum absolute atomic E-state index is 12.3. The summed E-state index contributed by atoms with van der Waals surface area (Å²) in [6, 6.07) is 4.31. The molecule has 6 nitrogen and oxygen atoms in total. The van der Waals surface area contributed by atoms with Gasteiger partial charge in [0.15, 0.2) is 0 Å². The molecular weight excluding hydrogens is 334 g/mol. The Bertz CT molecular complexity index is 787. The molecule has 0 saturated heterocycles. The Balaban J connectivity index is 2.26. The van der Waals surface area contributed by atoms with Crippen LogP contribution in [0, 0.1) is 6.92 Å². The monoisotopic (exact) mass is 345 g/mol. The molecule has 0 aliphatic carbocycles. The third kappa shape index (κ3) is 3.79. The first kappa shape index (κ1) is 15.9. The molecule has 0 amide bonds. The van der Waals surface area contributed by atoms with Gasteiger partial charge in [-0.2, -0.15) is 0 Å². The minimum absolute atomic E-state index is 0.0751. The largest absolute Gasteiger partial charge is 0.445 e. The lowest BCUT2D eigenvalue weighted by atomic mass is 10.2. The molecule has 0 atom stereocenters. The molecule has 3 N–H and O–H groups in total. The fourth-order valence-corrected chi connectivity index (χ4v) is 3.21. The summed E-state index contributed by atoms with van der Waals surface area (Å²) in [5.41, 5.74) is 5.91. The van der Waals surface area contributed by atoms with Crippen LogP contribution in [0.1, 0.15) is 17.2 Å². The SMILES string of the molecule is Cc1cnc(CNS(=O)(=O)c2cc(C(N)=S)ccc2Cl)o1. The van der Waals surface area contributed by atoms with E-state index in [1.165, 1.54) is 18.3 Å². The van der Waals surface area contributed by atoms with Crippen molar-refractivity contribution in [1.29, 1.82) is 0 Å². The first-order valence-corrected chi connectivity index (χ1v) is 8.07. The molecule has 0 spiro atoms. The highest BCUT2D eigenvalue weighted by Crippen LogP contribution is 2.22. The standard InChI is InChI=1S/C12H12ClN3O3S2/c1-7-5-15-11(19-7)6-16-21(17,18)10-4-8(12(14)20)2-3-9(10)13/h2-5,16H,6H2,1H3,(H2,14,20). The average Bonchev–Trinajstić information content (AvgIpc) is 2.82. The number of hydrogen-bond acceptors (Lipinski definition) is 5. The van der Waals surface area contributed by atoms with Crippen LogP contribution in [-0.4, -0.2) is 18.4 Å². The summed E-state index contributed by atoms with van der Waals surface area (Å²) in [4.78, 5) is 3.90. The smallest absolute Gasteiger partial charge is 0.242 e. The lowest BCUT2D eigenvalue weighted by Crippen LogP contribution is -2.24. The van der Waals surface area contributed by atoms with Gasteiger partial charge in [-0.1, -0.05) is 29.9 Å². The minimum atomic E-state index is -3.83. The third-order valence-electron chi connectivity index (χ3n) is 2.59. The van der Waals surface area contributed by atoms with Crippen LogP contribution in [0.2, 0.25) is 5.02 Å². The number of rotatable bonds is 5. The van der Waals surface area contributed by atoms with Gasteiger partial charge in [-0.3, -0.25) is 0 Å². The molecule has 1 aromatic carbocycles. The number of thiocarbonyl (C=S) groups is 1. The van der Waals surface area contributed by atoms with Gasteiger partial charge in [-0.15, -0.1) is 0 Å². The average molecular weight is 346 g/mol. The summed E-state index contributed by atoms with van der Waals surface area (Å²) >= 11 is 10.8. The number of nitrogens with one attached hydrogen (secondary N) is 1. The number of sulfonamides is 1. The molecule has 0 aliphatic heterocycles. The Morgan fingerprint density at radius 3 is 2.81 bits per heavy atom. The molecule has 0 aliphatic rings. The van der Waals surface area contributed by atoms with Crippen LogP contribution >= 0.6 is 23.8 Å². The van der Waals surface area contributed by atoms with Gasteiger partial charge in [0.25, 0.3) is 0 Å². The second kappa shape index (κ2) is 6.10. The van der Waals surface area contributed by atoms with Gasteiger partial charge >= 0.3 is 0 Å². The zero-order valence-corrected chi connectivity index (χ0v) is 13.3. The fourth-order valence-electron chi connectivity index (χ4n) is 1.58. The highest BCUT2D eigenvalue weighted by Gasteiger charge is 2.19. The molecule has 9 heteroatoms. The molecule has 0 saturated carbocycles. The van der Waals surface area contributed by atoms with Crippen LogP contribution in [0.3, 0.4) is 0 Å². The van der Waals surface area contributed by atoms with E-state index >= 15 is 0 Å². The van der Waals surface area contributed by atoms with Crippen molar-refractivity contribution >= 4 is 38.8 Å². The first-order valence-electron chi connectivity index (χ1n) is 5.80. The summed E-state index contributed by atoms with van der Waals surface area (Å²) in [6.45, 7) is 1.64. The third-order valence-corrected chi connectivity index (χ3v) is 4.71. The Morgan fingerprint density at radius 2 is 2.24 bits per heavy atom. The van der Waals surface area contributed by atoms with Crippen LogP contribution in [0.25, 0.3) is 0 Å². The van der Waals surface area contributed by atoms with Crippen molar-refractivity contribution in [3.05, 3.63) is 46.6 Å². The van der Waals surface area contributed by atoms with E-state index in [9.17, 15) is 8.42 Å². The maximum Gasteiger partial charge on any atom is 0.242 e. The summed E-state index contributed by atoms with van der Waals surface area (Å²) in [7, 11) is -3.83. The zero-order chi connectivity index (χ0) is 15.6. The molecule has 2 aromatic rings. The van der Waals surface area contributed by atoms with E-state index in [1.54, 1.807) is 13.0 Å². The van der Waals surface area contributed by atoms with E-state index < -0.39 is 10.0 Å². The van der Waals surface area contributed by atoms with Gasteiger partial charge in [-0.25, -0.2) is 18.1 Å². The number of oxazole rings is 1. The second-order valence-corrected chi connectivity index (χ2v) is 6.78. The number of aromatic nitrogens is 1. The van der Waals surface area contributed by atoms with Gasteiger partial charge in [-0.05, 0) is 19.1 Å². The lowest BCUT2D eigenvalue weighted by Gasteiger charge is -2.08. The van der Waals surface area contributed by atoms with Crippen LogP contribution in [0.15, 0.2) is 33.7 Å². The van der Waals surface area contributed by atoms with Gasteiger partial charge in [0.2, 0.25) is 15.9 Å². The molecular formula is C12H12ClN3O3S2. The van der Waals surface area contributed by atoms with Crippen molar-refractivity contribution in [2.75, 3.05) is 0 Å². The molecule has 0 fully saturated rings. The first-order chi connectivity index (χ1) is 9.79. The summed E-state index contributed by atoms with van der Waals surface area (Å²) in [5.74, 6) is 0.857. The molecule has 0 unspecified atom stereocenters. The Labute approximate surface area is 132 Å². The van der Waals surface area contributed by atoms with Gasteiger partial charge in [0.05, 0.1) is 17.8 Å². The highest BCUT2D eigenvalue weighted by molar-refractivity contribution is 7.89. The molecule has 112 valence electrons. The van der Waals surface area contributed by atoms with E-state index in [-0.39, 0.29) is 27.3 Å². The Kier molecular flexibility index (Phi) is 4.62. The lowest BCUT2D eigenvalue weighted by molar-refractivity contribution is 0.463. The Hall–Kier alpha value is -1.48. The van der Waals surface area contributed by atoms with E-state index in [0.29, 0.717) is 11.3 Å². The fraction of sp³-hybridized carbons (Fsp3) is 0.167. The maximum atomic E-state index is 12.3. The molecule has 1 aromatic heterocycles. The number of hydrogen-bond donors (Lipinski definition) is 2. The second-order valence-electron chi connectivity index (χ2n) is 4.20. The topological polar surface area (TPSA) is 98.2 Å². The number of benzene rings is 1. The molecule has 1 heterocycles. The number of aryl methyl sites for hydroxylation is 1. The number of nitrogens with zero attached hydrogens (tertiary/aromatic N) is 1. The van der Waals surface area contributed by atoms with Crippen molar-refractivity contribution in [3.63, 3.8) is 0 Å². The van der Waals surface area contributed by atoms with E-state index in [0.717, 1.165) is 0 Å². The normalized spacial score (nSPS) is 11.5. The van der Waals surface area contributed by atoms with E-state index in [4.69, 9.17) is 34.0 Å². The van der Waals surface area contributed by atoms with Crippen LogP contribution < -0.4 is 10.5 Å². The van der Waals surface area contributed by atoms with Gasteiger partial charge in [0, 0.05) is 5.56 Å². The summed E-state index contributed by atoms with van der Waals surface area (Å²) < 4.78 is 32.1. The van der Waals surface area contributed by atoms with E-state index in [2.05, 4.69) is 9.71 Å². The Morgan fingerprint density at radius 1 is 1.52 bits per heavy atom. The molecule has 0 bridgehead atoms. The molecule has 2 rings (SSSR count). The predicted molar refractivity (Wildman–Crippen MR) is 82.6 cm³/mol. The van der Waals surface area contributed by atoms with Gasteiger partial charge < -0.3 is 10.2 Å². The minimum Gasteiger partial charge on any atom is -0.445 e. The highest BCUT2D eigenvalue weighted by atomic mass is 35.5. The van der Waals surface area contributed by atoms with Crippen LogP contribution in [-0.2, 0) is 16.6 Å². The quantitative estimate of drug-likeness (QED) is 0.801. The van der Waals surface area contributed by atoms with Gasteiger partial charge in [0.1, 0.15) is 15.6 Å².